The van der Waals surface area contributed by atoms with Gasteiger partial charge >= 0.3 is 0 Å². The molecule has 3 rings (SSSR count). The minimum absolute atomic E-state index is 1.31. The smallest absolute Gasteiger partial charge is 0.0635 e. The van der Waals surface area contributed by atoms with Crippen LogP contribution in [0.4, 0.5) is 0 Å². The normalized spacial score (nSPS) is 11.9. The standard InChI is InChI=1S/C28H44S3/c1-3-5-7-9-11-13-15-17-19-23-24(20-18-16-14-12-10-8-6-4-2)30-28-26(23)31-25-21-22-29-27(25)28/h21-22H,3-20H2,1-2H3. The Kier molecular flexibility index (Phi) is 12.0. The molecule has 3 heterocycles. The SMILES string of the molecule is CCCCCCCCCCc1sc2c(sc3ccsc32)c1CCCCCCCCCC. The van der Waals surface area contributed by atoms with Crippen LogP contribution in [0.3, 0.4) is 0 Å². The summed E-state index contributed by atoms with van der Waals surface area (Å²) >= 11 is 6.16. The fourth-order valence-electron chi connectivity index (χ4n) is 4.72. The highest BCUT2D eigenvalue weighted by molar-refractivity contribution is 7.38. The quantitative estimate of drug-likeness (QED) is 0.160. The lowest BCUT2D eigenvalue weighted by Crippen LogP contribution is -1.91. The maximum absolute atomic E-state index is 2.33. The Balaban J connectivity index is 1.49. The van der Waals surface area contributed by atoms with Gasteiger partial charge in [-0.1, -0.05) is 104 Å². The van der Waals surface area contributed by atoms with Crippen LogP contribution >= 0.6 is 34.0 Å². The first-order valence-corrected chi connectivity index (χ1v) is 15.8. The van der Waals surface area contributed by atoms with Crippen LogP contribution < -0.4 is 0 Å². The summed E-state index contributed by atoms with van der Waals surface area (Å²) in [5, 5.41) is 2.27. The third-order valence-corrected chi connectivity index (χ3v) is 10.5. The molecule has 0 amide bonds. The second-order valence-corrected chi connectivity index (χ2v) is 12.4. The molecule has 0 saturated heterocycles. The van der Waals surface area contributed by atoms with Gasteiger partial charge in [-0.2, -0.15) is 0 Å². The van der Waals surface area contributed by atoms with E-state index in [0.717, 1.165) is 0 Å². The number of rotatable bonds is 18. The van der Waals surface area contributed by atoms with Gasteiger partial charge in [0.05, 0.1) is 14.1 Å². The van der Waals surface area contributed by atoms with E-state index in [-0.39, 0.29) is 0 Å². The van der Waals surface area contributed by atoms with E-state index in [0.29, 0.717) is 0 Å². The molecule has 0 aromatic carbocycles. The minimum Gasteiger partial charge on any atom is -0.141 e. The molecule has 0 saturated carbocycles. The molecule has 0 fully saturated rings. The van der Waals surface area contributed by atoms with Crippen LogP contribution in [-0.4, -0.2) is 0 Å². The van der Waals surface area contributed by atoms with Crippen LogP contribution in [0.5, 0.6) is 0 Å². The molecule has 0 unspecified atom stereocenters. The number of unbranched alkanes of at least 4 members (excludes halogenated alkanes) is 14. The van der Waals surface area contributed by atoms with Crippen LogP contribution in [0.25, 0.3) is 18.8 Å². The molecule has 0 aliphatic heterocycles. The van der Waals surface area contributed by atoms with Gasteiger partial charge in [0.15, 0.2) is 0 Å². The molecular weight excluding hydrogens is 433 g/mol. The first kappa shape index (κ1) is 25.2. The van der Waals surface area contributed by atoms with E-state index in [2.05, 4.69) is 48.0 Å². The van der Waals surface area contributed by atoms with Crippen molar-refractivity contribution in [1.29, 1.82) is 0 Å². The monoisotopic (exact) mass is 476 g/mol. The number of hydrogen-bond acceptors (Lipinski definition) is 3. The van der Waals surface area contributed by atoms with E-state index < -0.39 is 0 Å². The topological polar surface area (TPSA) is 0 Å². The van der Waals surface area contributed by atoms with Crippen molar-refractivity contribution in [1.82, 2.24) is 0 Å². The third kappa shape index (κ3) is 7.86. The van der Waals surface area contributed by atoms with Gasteiger partial charge in [-0.15, -0.1) is 34.0 Å². The van der Waals surface area contributed by atoms with E-state index in [9.17, 15) is 0 Å². The van der Waals surface area contributed by atoms with Crippen LogP contribution in [0, 0.1) is 0 Å². The van der Waals surface area contributed by atoms with Crippen molar-refractivity contribution in [3.8, 4) is 0 Å². The molecule has 174 valence electrons. The second-order valence-electron chi connectivity index (χ2n) is 9.33. The van der Waals surface area contributed by atoms with E-state index in [1.54, 1.807) is 24.5 Å². The molecule has 0 aliphatic rings. The van der Waals surface area contributed by atoms with Crippen LogP contribution in [0.15, 0.2) is 11.4 Å². The summed E-state index contributed by atoms with van der Waals surface area (Å²) in [6.07, 6.45) is 25.3. The van der Waals surface area contributed by atoms with Gasteiger partial charge in [-0.05, 0) is 42.7 Å². The molecule has 0 aliphatic carbocycles. The molecule has 3 aromatic rings. The van der Waals surface area contributed by atoms with Gasteiger partial charge in [0.2, 0.25) is 0 Å². The molecular formula is C28H44S3. The van der Waals surface area contributed by atoms with Gasteiger partial charge in [-0.3, -0.25) is 0 Å². The lowest BCUT2D eigenvalue weighted by atomic mass is 10.0. The highest BCUT2D eigenvalue weighted by atomic mass is 32.1. The average Bonchev–Trinajstić information content (AvgIpc) is 3.44. The average molecular weight is 477 g/mol. The van der Waals surface area contributed by atoms with Gasteiger partial charge in [0.1, 0.15) is 0 Å². The molecule has 3 aromatic heterocycles. The van der Waals surface area contributed by atoms with E-state index >= 15 is 0 Å². The largest absolute Gasteiger partial charge is 0.141 e. The van der Waals surface area contributed by atoms with Crippen LogP contribution in [-0.2, 0) is 12.8 Å². The van der Waals surface area contributed by atoms with Gasteiger partial charge < -0.3 is 0 Å². The molecule has 31 heavy (non-hydrogen) atoms. The highest BCUT2D eigenvalue weighted by Gasteiger charge is 2.17. The zero-order chi connectivity index (χ0) is 21.7. The Morgan fingerprint density at radius 3 is 1.71 bits per heavy atom. The summed E-state index contributed by atoms with van der Waals surface area (Å²) in [5.41, 5.74) is 1.74. The fraction of sp³-hybridized carbons (Fsp3) is 0.714. The Bertz CT molecular complexity index is 850. The molecule has 0 bridgehead atoms. The van der Waals surface area contributed by atoms with Crippen LogP contribution in [0.2, 0.25) is 0 Å². The Labute approximate surface area is 203 Å². The fourth-order valence-corrected chi connectivity index (χ4v) is 8.85. The lowest BCUT2D eigenvalue weighted by molar-refractivity contribution is 0.572. The first-order valence-electron chi connectivity index (χ1n) is 13.2. The summed E-state index contributed by atoms with van der Waals surface area (Å²) in [6, 6.07) is 2.33. The zero-order valence-electron chi connectivity index (χ0n) is 20.1. The maximum Gasteiger partial charge on any atom is 0.0635 e. The van der Waals surface area contributed by atoms with Crippen molar-refractivity contribution in [3.05, 3.63) is 21.9 Å². The van der Waals surface area contributed by atoms with E-state index in [4.69, 9.17) is 0 Å². The Hall–Kier alpha value is -0.380. The van der Waals surface area contributed by atoms with Crippen molar-refractivity contribution in [2.24, 2.45) is 0 Å². The minimum atomic E-state index is 1.31. The molecule has 3 heteroatoms. The van der Waals surface area contributed by atoms with Crippen molar-refractivity contribution in [3.63, 3.8) is 0 Å². The maximum atomic E-state index is 2.33. The van der Waals surface area contributed by atoms with E-state index in [1.165, 1.54) is 120 Å². The predicted octanol–water partition coefficient (Wildman–Crippen LogP) is 11.5. The van der Waals surface area contributed by atoms with Crippen LogP contribution in [0.1, 0.15) is 127 Å². The van der Waals surface area contributed by atoms with E-state index in [1.807, 2.05) is 11.3 Å². The summed E-state index contributed by atoms with van der Waals surface area (Å²) in [4.78, 5) is 1.73. The second kappa shape index (κ2) is 14.7. The summed E-state index contributed by atoms with van der Waals surface area (Å²) in [5.74, 6) is 0. The van der Waals surface area contributed by atoms with Crippen molar-refractivity contribution >= 4 is 52.8 Å². The number of aryl methyl sites for hydroxylation is 2. The van der Waals surface area contributed by atoms with Gasteiger partial charge in [0.25, 0.3) is 0 Å². The predicted molar refractivity (Wildman–Crippen MR) is 148 cm³/mol. The Morgan fingerprint density at radius 1 is 0.548 bits per heavy atom. The lowest BCUT2D eigenvalue weighted by Gasteiger charge is -2.06. The van der Waals surface area contributed by atoms with Crippen molar-refractivity contribution in [2.75, 3.05) is 0 Å². The molecule has 0 radical (unpaired) electrons. The van der Waals surface area contributed by atoms with Gasteiger partial charge in [0, 0.05) is 9.58 Å². The zero-order valence-corrected chi connectivity index (χ0v) is 22.6. The third-order valence-electron chi connectivity index (χ3n) is 6.63. The molecule has 0 nitrogen and oxygen atoms in total. The summed E-state index contributed by atoms with van der Waals surface area (Å²) < 4.78 is 6.33. The number of thiophene rings is 3. The van der Waals surface area contributed by atoms with Crippen molar-refractivity contribution < 1.29 is 0 Å². The highest BCUT2D eigenvalue weighted by Crippen LogP contribution is 2.45. The number of fused-ring (bicyclic) bond motifs is 3. The molecule has 0 atom stereocenters. The summed E-state index contributed by atoms with van der Waals surface area (Å²) in [7, 11) is 0. The number of hydrogen-bond donors (Lipinski definition) is 0. The summed E-state index contributed by atoms with van der Waals surface area (Å²) in [6.45, 7) is 4.61. The molecule has 0 spiro atoms. The first-order chi connectivity index (χ1) is 15.3. The Morgan fingerprint density at radius 2 is 1.10 bits per heavy atom. The van der Waals surface area contributed by atoms with Gasteiger partial charge in [-0.25, -0.2) is 0 Å². The van der Waals surface area contributed by atoms with Crippen molar-refractivity contribution in [2.45, 2.75) is 129 Å². The molecule has 0 N–H and O–H groups in total.